The zero-order valence-corrected chi connectivity index (χ0v) is 13.1. The van der Waals surface area contributed by atoms with E-state index in [0.717, 1.165) is 0 Å². The minimum atomic E-state index is -0.198. The minimum Gasteiger partial charge on any atom is -0.493 e. The average Bonchev–Trinajstić information content (AvgIpc) is 2.40. The molecule has 1 heterocycles. The third kappa shape index (κ3) is 2.84. The van der Waals surface area contributed by atoms with Crippen LogP contribution in [-0.4, -0.2) is 24.2 Å². The Balaban J connectivity index is 2.59. The number of aromatic amines is 1. The maximum absolute atomic E-state index is 11.6. The van der Waals surface area contributed by atoms with E-state index in [1.54, 1.807) is 12.1 Å². The fourth-order valence-corrected chi connectivity index (χ4v) is 2.14. The van der Waals surface area contributed by atoms with Crippen molar-refractivity contribution in [1.29, 1.82) is 0 Å². The predicted octanol–water partition coefficient (Wildman–Crippen LogP) is 2.71. The average molecular weight is 393 g/mol. The van der Waals surface area contributed by atoms with Gasteiger partial charge in [0.25, 0.3) is 5.56 Å². The van der Waals surface area contributed by atoms with Crippen molar-refractivity contribution in [1.82, 2.24) is 9.97 Å². The molecule has 0 aliphatic heterocycles. The molecule has 5 nitrogen and oxygen atoms in total. The molecular weight excluding hydrogens is 383 g/mol. The van der Waals surface area contributed by atoms with Gasteiger partial charge in [-0.1, -0.05) is 11.6 Å². The number of methoxy groups -OCH3 is 2. The molecule has 0 amide bonds. The summed E-state index contributed by atoms with van der Waals surface area (Å²) in [6, 6.07) is 3.36. The van der Waals surface area contributed by atoms with Gasteiger partial charge in [0, 0.05) is 11.8 Å². The first-order valence-electron chi connectivity index (χ1n) is 5.23. The lowest BCUT2D eigenvalue weighted by Gasteiger charge is -2.11. The van der Waals surface area contributed by atoms with Crippen molar-refractivity contribution in [3.8, 4) is 22.9 Å². The van der Waals surface area contributed by atoms with Crippen LogP contribution in [0, 0.1) is 3.57 Å². The van der Waals surface area contributed by atoms with E-state index in [0.29, 0.717) is 31.5 Å². The highest BCUT2D eigenvalue weighted by Gasteiger charge is 2.13. The number of H-pyrrole nitrogens is 1. The van der Waals surface area contributed by atoms with Crippen LogP contribution in [0.15, 0.2) is 23.1 Å². The maximum Gasteiger partial charge on any atom is 0.264 e. The molecule has 100 valence electrons. The molecule has 1 N–H and O–H groups in total. The van der Waals surface area contributed by atoms with Crippen LogP contribution < -0.4 is 15.0 Å². The first kappa shape index (κ1) is 14.1. The molecule has 1 aromatic heterocycles. The molecule has 1 aromatic carbocycles. The summed E-state index contributed by atoms with van der Waals surface area (Å²) in [5, 5.41) is 0.387. The molecule has 7 heteroatoms. The summed E-state index contributed by atoms with van der Waals surface area (Å²) < 4.78 is 10.9. The number of nitrogens with one attached hydrogen (secondary N) is 1. The van der Waals surface area contributed by atoms with E-state index in [1.807, 2.05) is 22.6 Å². The van der Waals surface area contributed by atoms with E-state index in [4.69, 9.17) is 21.1 Å². The lowest BCUT2D eigenvalue weighted by molar-refractivity contribution is 0.355. The molecule has 19 heavy (non-hydrogen) atoms. The molecule has 0 bridgehead atoms. The number of hydrogen-bond donors (Lipinski definition) is 1. The molecule has 0 aliphatic rings. The van der Waals surface area contributed by atoms with E-state index < -0.39 is 0 Å². The monoisotopic (exact) mass is 392 g/mol. The van der Waals surface area contributed by atoms with Gasteiger partial charge in [-0.25, -0.2) is 4.98 Å². The molecular formula is C12H10ClIN2O3. The van der Waals surface area contributed by atoms with Crippen LogP contribution in [0.5, 0.6) is 11.5 Å². The second-order valence-corrected chi connectivity index (χ2v) is 5.17. The molecule has 0 saturated carbocycles. The lowest BCUT2D eigenvalue weighted by Crippen LogP contribution is -2.11. The van der Waals surface area contributed by atoms with Gasteiger partial charge >= 0.3 is 0 Å². The largest absolute Gasteiger partial charge is 0.493 e. The van der Waals surface area contributed by atoms with Crippen LogP contribution in [0.2, 0.25) is 5.02 Å². The number of nitrogens with zero attached hydrogens (tertiary/aromatic N) is 1. The van der Waals surface area contributed by atoms with Crippen LogP contribution in [0.4, 0.5) is 0 Å². The SMILES string of the molecule is COc1cc(-c2ncc(I)c(=O)[nH]2)cc(Cl)c1OC. The molecule has 2 aromatic rings. The van der Waals surface area contributed by atoms with Crippen LogP contribution >= 0.6 is 34.2 Å². The van der Waals surface area contributed by atoms with Crippen LogP contribution in [0.25, 0.3) is 11.4 Å². The quantitative estimate of drug-likeness (QED) is 0.816. The topological polar surface area (TPSA) is 64.2 Å². The number of benzene rings is 1. The van der Waals surface area contributed by atoms with Crippen molar-refractivity contribution in [2.24, 2.45) is 0 Å². The van der Waals surface area contributed by atoms with Gasteiger partial charge in [-0.15, -0.1) is 0 Å². The second-order valence-electron chi connectivity index (χ2n) is 3.60. The van der Waals surface area contributed by atoms with Crippen molar-refractivity contribution >= 4 is 34.2 Å². The summed E-state index contributed by atoms with van der Waals surface area (Å²) in [6.45, 7) is 0. The molecule has 0 fully saturated rings. The van der Waals surface area contributed by atoms with Gasteiger partial charge in [-0.05, 0) is 34.7 Å². The highest BCUT2D eigenvalue weighted by Crippen LogP contribution is 2.38. The Morgan fingerprint density at radius 1 is 1.32 bits per heavy atom. The summed E-state index contributed by atoms with van der Waals surface area (Å²) in [7, 11) is 3.02. The van der Waals surface area contributed by atoms with Gasteiger partial charge in [0.05, 0.1) is 22.8 Å². The standard InChI is InChI=1S/C12H10ClIN2O3/c1-18-9-4-6(3-7(13)10(9)19-2)11-15-5-8(14)12(17)16-11/h3-5H,1-2H3,(H,15,16,17). The Labute approximate surface area is 128 Å². The van der Waals surface area contributed by atoms with Crippen molar-refractivity contribution in [2.75, 3.05) is 14.2 Å². The molecule has 0 unspecified atom stereocenters. The molecule has 0 saturated heterocycles. The minimum absolute atomic E-state index is 0.198. The lowest BCUT2D eigenvalue weighted by atomic mass is 10.2. The van der Waals surface area contributed by atoms with E-state index in [9.17, 15) is 4.79 Å². The predicted molar refractivity (Wildman–Crippen MR) is 81.1 cm³/mol. The molecule has 0 aliphatic carbocycles. The Hall–Kier alpha value is -1.28. The fourth-order valence-electron chi connectivity index (χ4n) is 1.58. The molecule has 0 radical (unpaired) electrons. The van der Waals surface area contributed by atoms with Crippen molar-refractivity contribution in [3.63, 3.8) is 0 Å². The number of halogens is 2. The van der Waals surface area contributed by atoms with Crippen LogP contribution in [0.1, 0.15) is 0 Å². The summed E-state index contributed by atoms with van der Waals surface area (Å²) in [5.41, 5.74) is 0.452. The van der Waals surface area contributed by atoms with E-state index in [2.05, 4.69) is 9.97 Å². The van der Waals surface area contributed by atoms with Crippen molar-refractivity contribution in [2.45, 2.75) is 0 Å². The van der Waals surface area contributed by atoms with Gasteiger partial charge in [0.1, 0.15) is 5.82 Å². The van der Waals surface area contributed by atoms with Crippen LogP contribution in [-0.2, 0) is 0 Å². The summed E-state index contributed by atoms with van der Waals surface area (Å²) in [5.74, 6) is 1.35. The highest BCUT2D eigenvalue weighted by molar-refractivity contribution is 14.1. The van der Waals surface area contributed by atoms with Crippen LogP contribution in [0.3, 0.4) is 0 Å². The van der Waals surface area contributed by atoms with Gasteiger partial charge in [0.15, 0.2) is 11.5 Å². The van der Waals surface area contributed by atoms with E-state index >= 15 is 0 Å². The second kappa shape index (κ2) is 5.79. The third-order valence-electron chi connectivity index (χ3n) is 2.46. The summed E-state index contributed by atoms with van der Waals surface area (Å²) in [4.78, 5) is 18.4. The van der Waals surface area contributed by atoms with Gasteiger partial charge in [-0.3, -0.25) is 4.79 Å². The number of rotatable bonds is 3. The Bertz CT molecular complexity index is 673. The molecule has 0 atom stereocenters. The fraction of sp³-hybridized carbons (Fsp3) is 0.167. The number of ether oxygens (including phenoxy) is 2. The van der Waals surface area contributed by atoms with Gasteiger partial charge in [0.2, 0.25) is 0 Å². The van der Waals surface area contributed by atoms with Crippen molar-refractivity contribution in [3.05, 3.63) is 37.3 Å². The Kier molecular flexibility index (Phi) is 4.31. The highest BCUT2D eigenvalue weighted by atomic mass is 127. The summed E-state index contributed by atoms with van der Waals surface area (Å²) in [6.07, 6.45) is 1.50. The summed E-state index contributed by atoms with van der Waals surface area (Å²) >= 11 is 8.02. The first-order chi connectivity index (χ1) is 9.06. The molecule has 0 spiro atoms. The van der Waals surface area contributed by atoms with E-state index in [1.165, 1.54) is 20.4 Å². The molecule has 2 rings (SSSR count). The Morgan fingerprint density at radius 2 is 2.05 bits per heavy atom. The van der Waals surface area contributed by atoms with E-state index in [-0.39, 0.29) is 5.56 Å². The first-order valence-corrected chi connectivity index (χ1v) is 6.69. The number of hydrogen-bond acceptors (Lipinski definition) is 4. The van der Waals surface area contributed by atoms with Gasteiger partial charge < -0.3 is 14.5 Å². The smallest absolute Gasteiger partial charge is 0.264 e. The number of aromatic nitrogens is 2. The third-order valence-corrected chi connectivity index (χ3v) is 3.51. The maximum atomic E-state index is 11.6. The van der Waals surface area contributed by atoms with Crippen molar-refractivity contribution < 1.29 is 9.47 Å². The zero-order chi connectivity index (χ0) is 14.0. The van der Waals surface area contributed by atoms with Gasteiger partial charge in [-0.2, -0.15) is 0 Å². The zero-order valence-electron chi connectivity index (χ0n) is 10.2. The Morgan fingerprint density at radius 3 is 2.63 bits per heavy atom. The normalized spacial score (nSPS) is 10.3.